The predicted octanol–water partition coefficient (Wildman–Crippen LogP) is 1.37. The molecule has 7 nitrogen and oxygen atoms in total. The fourth-order valence-electron chi connectivity index (χ4n) is 2.91. The molecular weight excluding hydrogens is 359 g/mol. The molecule has 1 saturated heterocycles. The summed E-state index contributed by atoms with van der Waals surface area (Å²) in [4.78, 5) is 12.4. The van der Waals surface area contributed by atoms with Crippen LogP contribution >= 0.6 is 0 Å². The van der Waals surface area contributed by atoms with E-state index in [1.165, 1.54) is 16.4 Å². The van der Waals surface area contributed by atoms with Crippen molar-refractivity contribution in [3.8, 4) is 0 Å². The minimum Gasteiger partial charge on any atom is -0.349 e. The lowest BCUT2D eigenvalue weighted by Gasteiger charge is -2.37. The van der Waals surface area contributed by atoms with Crippen LogP contribution in [-0.4, -0.2) is 41.5 Å². The Kier molecular flexibility index (Phi) is 4.85. The Labute approximate surface area is 151 Å². The van der Waals surface area contributed by atoms with E-state index in [1.807, 2.05) is 20.9 Å². The highest BCUT2D eigenvalue weighted by molar-refractivity contribution is 7.89. The zero-order chi connectivity index (χ0) is 19.1. The second-order valence-electron chi connectivity index (χ2n) is 6.51. The minimum atomic E-state index is -3.70. The number of aromatic nitrogens is 2. The van der Waals surface area contributed by atoms with Gasteiger partial charge in [-0.05, 0) is 38.1 Å². The van der Waals surface area contributed by atoms with Crippen LogP contribution in [-0.2, 0) is 21.9 Å². The Bertz CT molecular complexity index is 918. The number of amides is 1. The van der Waals surface area contributed by atoms with E-state index in [-0.39, 0.29) is 29.9 Å². The van der Waals surface area contributed by atoms with E-state index < -0.39 is 21.8 Å². The molecule has 2 heterocycles. The van der Waals surface area contributed by atoms with Crippen molar-refractivity contribution < 1.29 is 17.6 Å². The molecule has 9 heteroatoms. The fourth-order valence-corrected chi connectivity index (χ4v) is 4.44. The lowest BCUT2D eigenvalue weighted by Crippen LogP contribution is -2.55. The number of rotatable bonds is 5. The van der Waals surface area contributed by atoms with E-state index in [4.69, 9.17) is 0 Å². The third-order valence-electron chi connectivity index (χ3n) is 4.77. The van der Waals surface area contributed by atoms with E-state index in [1.54, 1.807) is 10.9 Å². The molecule has 0 spiro atoms. The van der Waals surface area contributed by atoms with Crippen molar-refractivity contribution in [2.75, 3.05) is 13.1 Å². The first-order valence-corrected chi connectivity index (χ1v) is 9.68. The van der Waals surface area contributed by atoms with Crippen LogP contribution < -0.4 is 5.32 Å². The molecule has 1 N–H and O–H groups in total. The summed E-state index contributed by atoms with van der Waals surface area (Å²) < 4.78 is 40.8. The average molecular weight is 380 g/mol. The summed E-state index contributed by atoms with van der Waals surface area (Å²) in [6.07, 6.45) is 1.71. The number of halogens is 1. The van der Waals surface area contributed by atoms with Crippen LogP contribution in [0.2, 0.25) is 0 Å². The standard InChI is InChI=1S/C17H21FN4O3S/c1-11(16-8-19-21(3)12(16)2)20-17(23)13-9-22(10-13)26(24,25)15-6-4-14(18)5-7-15/h4-8,11,13H,9-10H2,1-3H3,(H,20,23). The maximum atomic E-state index is 13.0. The molecule has 1 atom stereocenters. The number of hydrogen-bond acceptors (Lipinski definition) is 4. The molecule has 0 bridgehead atoms. The first-order valence-electron chi connectivity index (χ1n) is 8.24. The molecule has 1 aliphatic rings. The second kappa shape index (κ2) is 6.81. The van der Waals surface area contributed by atoms with Gasteiger partial charge in [-0.15, -0.1) is 0 Å². The van der Waals surface area contributed by atoms with E-state index in [0.717, 1.165) is 23.4 Å². The van der Waals surface area contributed by atoms with Gasteiger partial charge in [0.2, 0.25) is 15.9 Å². The third-order valence-corrected chi connectivity index (χ3v) is 6.61. The number of aryl methyl sites for hydroxylation is 1. The summed E-state index contributed by atoms with van der Waals surface area (Å²) in [7, 11) is -1.87. The highest BCUT2D eigenvalue weighted by atomic mass is 32.2. The summed E-state index contributed by atoms with van der Waals surface area (Å²) in [6.45, 7) is 4.02. The van der Waals surface area contributed by atoms with Gasteiger partial charge >= 0.3 is 0 Å². The smallest absolute Gasteiger partial charge is 0.243 e. The number of carbonyl (C=O) groups is 1. The van der Waals surface area contributed by atoms with Gasteiger partial charge in [-0.25, -0.2) is 12.8 Å². The molecule has 1 fully saturated rings. The topological polar surface area (TPSA) is 84.3 Å². The largest absolute Gasteiger partial charge is 0.349 e. The van der Waals surface area contributed by atoms with Crippen molar-refractivity contribution in [2.45, 2.75) is 24.8 Å². The molecule has 0 aliphatic carbocycles. The summed E-state index contributed by atoms with van der Waals surface area (Å²) >= 11 is 0. The van der Waals surface area contributed by atoms with Crippen molar-refractivity contribution >= 4 is 15.9 Å². The molecule has 140 valence electrons. The molecule has 1 unspecified atom stereocenters. The minimum absolute atomic E-state index is 0.0251. The lowest BCUT2D eigenvalue weighted by molar-refractivity contribution is -0.128. The molecule has 0 saturated carbocycles. The quantitative estimate of drug-likeness (QED) is 0.849. The Morgan fingerprint density at radius 1 is 1.31 bits per heavy atom. The molecule has 26 heavy (non-hydrogen) atoms. The Hall–Kier alpha value is -2.26. The van der Waals surface area contributed by atoms with Gasteiger partial charge in [-0.3, -0.25) is 9.48 Å². The van der Waals surface area contributed by atoms with Gasteiger partial charge in [0.1, 0.15) is 5.82 Å². The number of hydrogen-bond donors (Lipinski definition) is 1. The van der Waals surface area contributed by atoms with Crippen LogP contribution in [0.15, 0.2) is 35.4 Å². The lowest BCUT2D eigenvalue weighted by atomic mass is 10.0. The number of nitrogens with one attached hydrogen (secondary N) is 1. The number of benzene rings is 1. The maximum Gasteiger partial charge on any atom is 0.243 e. The van der Waals surface area contributed by atoms with Gasteiger partial charge in [-0.2, -0.15) is 9.40 Å². The van der Waals surface area contributed by atoms with Crippen LogP contribution in [0.25, 0.3) is 0 Å². The Morgan fingerprint density at radius 3 is 2.46 bits per heavy atom. The van der Waals surface area contributed by atoms with Crippen LogP contribution in [0.5, 0.6) is 0 Å². The molecule has 1 amide bonds. The Morgan fingerprint density at radius 2 is 1.92 bits per heavy atom. The van der Waals surface area contributed by atoms with Gasteiger partial charge in [0.05, 0.1) is 23.1 Å². The summed E-state index contributed by atoms with van der Waals surface area (Å²) in [6, 6.07) is 4.46. The predicted molar refractivity (Wildman–Crippen MR) is 93.2 cm³/mol. The highest BCUT2D eigenvalue weighted by Crippen LogP contribution is 2.26. The Balaban J connectivity index is 1.60. The van der Waals surface area contributed by atoms with Crippen molar-refractivity contribution in [1.82, 2.24) is 19.4 Å². The number of sulfonamides is 1. The zero-order valence-electron chi connectivity index (χ0n) is 14.8. The van der Waals surface area contributed by atoms with E-state index >= 15 is 0 Å². The van der Waals surface area contributed by atoms with Crippen LogP contribution in [0, 0.1) is 18.7 Å². The summed E-state index contributed by atoms with van der Waals surface area (Å²) in [5.74, 6) is -1.08. The van der Waals surface area contributed by atoms with Crippen LogP contribution in [0.1, 0.15) is 24.2 Å². The summed E-state index contributed by atoms with van der Waals surface area (Å²) in [5, 5.41) is 7.07. The van der Waals surface area contributed by atoms with Gasteiger partial charge in [0.15, 0.2) is 0 Å². The maximum absolute atomic E-state index is 13.0. The highest BCUT2D eigenvalue weighted by Gasteiger charge is 2.40. The molecule has 0 radical (unpaired) electrons. The number of carbonyl (C=O) groups excluding carboxylic acids is 1. The van der Waals surface area contributed by atoms with E-state index in [9.17, 15) is 17.6 Å². The first-order chi connectivity index (χ1) is 12.2. The van der Waals surface area contributed by atoms with Crippen molar-refractivity contribution in [3.05, 3.63) is 47.5 Å². The van der Waals surface area contributed by atoms with Crippen molar-refractivity contribution in [3.63, 3.8) is 0 Å². The third kappa shape index (κ3) is 3.36. The fraction of sp³-hybridized carbons (Fsp3) is 0.412. The monoisotopic (exact) mass is 380 g/mol. The van der Waals surface area contributed by atoms with E-state index in [0.29, 0.717) is 0 Å². The van der Waals surface area contributed by atoms with Gasteiger partial charge in [0.25, 0.3) is 0 Å². The van der Waals surface area contributed by atoms with Gasteiger partial charge in [0, 0.05) is 31.4 Å². The number of nitrogens with zero attached hydrogens (tertiary/aromatic N) is 3. The van der Waals surface area contributed by atoms with Crippen molar-refractivity contribution in [2.24, 2.45) is 13.0 Å². The van der Waals surface area contributed by atoms with Gasteiger partial charge in [-0.1, -0.05) is 0 Å². The SMILES string of the molecule is Cc1c(C(C)NC(=O)C2CN(S(=O)(=O)c3ccc(F)cc3)C2)cnn1C. The molecule has 1 aromatic heterocycles. The average Bonchev–Trinajstić information content (AvgIpc) is 2.85. The van der Waals surface area contributed by atoms with Gasteiger partial charge < -0.3 is 5.32 Å². The van der Waals surface area contributed by atoms with Crippen molar-refractivity contribution in [1.29, 1.82) is 0 Å². The van der Waals surface area contributed by atoms with E-state index in [2.05, 4.69) is 10.4 Å². The normalized spacial score (nSPS) is 16.9. The molecular formula is C17H21FN4O3S. The molecule has 1 aromatic carbocycles. The zero-order valence-corrected chi connectivity index (χ0v) is 15.6. The molecule has 3 rings (SSSR count). The molecule has 1 aliphatic heterocycles. The summed E-state index contributed by atoms with van der Waals surface area (Å²) in [5.41, 5.74) is 1.89. The first kappa shape index (κ1) is 18.5. The second-order valence-corrected chi connectivity index (χ2v) is 8.45. The van der Waals surface area contributed by atoms with Crippen LogP contribution in [0.4, 0.5) is 4.39 Å². The van der Waals surface area contributed by atoms with Crippen LogP contribution in [0.3, 0.4) is 0 Å². The molecule has 2 aromatic rings.